The number of hydrogen-bond donors (Lipinski definition) is 3. The van der Waals surface area contributed by atoms with Crippen LogP contribution in [-0.4, -0.2) is 52.6 Å². The minimum atomic E-state index is -0.970. The molecule has 8 nitrogen and oxygen atoms in total. The Kier molecular flexibility index (Phi) is 9.28. The molecule has 0 heterocycles. The Balaban J connectivity index is 2.42. The van der Waals surface area contributed by atoms with Gasteiger partial charge in [0.15, 0.2) is 0 Å². The zero-order valence-corrected chi connectivity index (χ0v) is 21.6. The Morgan fingerprint density at radius 1 is 1.03 bits per heavy atom. The van der Waals surface area contributed by atoms with E-state index in [4.69, 9.17) is 4.74 Å². The lowest BCUT2D eigenvalue weighted by molar-refractivity contribution is -0.141. The number of carbonyl (C=O) groups is 3. The lowest BCUT2D eigenvalue weighted by Gasteiger charge is -2.32. The molecule has 190 valence electrons. The van der Waals surface area contributed by atoms with Gasteiger partial charge in [-0.1, -0.05) is 36.4 Å². The van der Waals surface area contributed by atoms with Crippen LogP contribution in [0.15, 0.2) is 48.5 Å². The van der Waals surface area contributed by atoms with E-state index in [0.717, 1.165) is 5.56 Å². The number of phenols is 1. The van der Waals surface area contributed by atoms with E-state index in [0.29, 0.717) is 11.1 Å². The predicted octanol–water partition coefficient (Wildman–Crippen LogP) is 3.86. The Bertz CT molecular complexity index is 1030. The molecule has 2 rings (SSSR count). The Labute approximate surface area is 207 Å². The Morgan fingerprint density at radius 2 is 1.66 bits per heavy atom. The van der Waals surface area contributed by atoms with E-state index in [2.05, 4.69) is 10.6 Å². The van der Waals surface area contributed by atoms with E-state index in [-0.39, 0.29) is 24.1 Å². The third kappa shape index (κ3) is 8.31. The second kappa shape index (κ2) is 11.7. The number of carbonyl (C=O) groups excluding carboxylic acids is 3. The van der Waals surface area contributed by atoms with E-state index in [1.807, 2.05) is 44.2 Å². The summed E-state index contributed by atoms with van der Waals surface area (Å²) in [5.74, 6) is -0.717. The molecule has 2 aromatic rings. The molecule has 0 aliphatic carbocycles. The molecule has 2 atom stereocenters. The van der Waals surface area contributed by atoms with Crippen molar-refractivity contribution >= 4 is 17.9 Å². The first-order valence-electron chi connectivity index (χ1n) is 11.7. The molecule has 0 radical (unpaired) electrons. The summed E-state index contributed by atoms with van der Waals surface area (Å²) in [4.78, 5) is 40.8. The summed E-state index contributed by atoms with van der Waals surface area (Å²) in [6, 6.07) is 12.0. The number of likely N-dealkylation sites (N-methyl/N-ethyl adjacent to an activating group) is 1. The highest BCUT2D eigenvalue weighted by Crippen LogP contribution is 2.26. The fourth-order valence-corrected chi connectivity index (χ4v) is 3.64. The van der Waals surface area contributed by atoms with Crippen LogP contribution in [0.3, 0.4) is 0 Å². The van der Waals surface area contributed by atoms with Gasteiger partial charge in [0.1, 0.15) is 23.4 Å². The van der Waals surface area contributed by atoms with Gasteiger partial charge in [-0.25, -0.2) is 4.79 Å². The number of phenolic OH excluding ortho intramolecular Hbond substituents is 1. The molecule has 0 saturated carbocycles. The molecule has 35 heavy (non-hydrogen) atoms. The minimum Gasteiger partial charge on any atom is -0.508 e. The lowest BCUT2D eigenvalue weighted by Crippen LogP contribution is -2.53. The molecular weight excluding hydrogens is 446 g/mol. The Hall–Kier alpha value is -3.55. The maximum atomic E-state index is 13.7. The summed E-state index contributed by atoms with van der Waals surface area (Å²) in [6.07, 6.45) is -0.500. The van der Waals surface area contributed by atoms with Crippen LogP contribution < -0.4 is 10.6 Å². The molecule has 0 spiro atoms. The number of rotatable bonds is 8. The number of aryl methyl sites for hydroxylation is 1. The highest BCUT2D eigenvalue weighted by Gasteiger charge is 2.34. The van der Waals surface area contributed by atoms with Crippen LogP contribution >= 0.6 is 0 Å². The molecule has 0 fully saturated rings. The number of nitrogens with one attached hydrogen (secondary N) is 2. The highest BCUT2D eigenvalue weighted by molar-refractivity contribution is 5.92. The van der Waals surface area contributed by atoms with Gasteiger partial charge in [0, 0.05) is 19.5 Å². The first-order valence-corrected chi connectivity index (χ1v) is 11.7. The maximum Gasteiger partial charge on any atom is 0.408 e. The summed E-state index contributed by atoms with van der Waals surface area (Å²) in [6.45, 7) is 10.6. The molecule has 2 aromatic carbocycles. The zero-order chi connectivity index (χ0) is 26.3. The van der Waals surface area contributed by atoms with Crippen molar-refractivity contribution < 1.29 is 24.2 Å². The van der Waals surface area contributed by atoms with Gasteiger partial charge in [-0.3, -0.25) is 9.59 Å². The number of amides is 3. The van der Waals surface area contributed by atoms with Crippen LogP contribution in [0.1, 0.15) is 57.4 Å². The zero-order valence-electron chi connectivity index (χ0n) is 21.6. The van der Waals surface area contributed by atoms with Gasteiger partial charge in [-0.2, -0.15) is 0 Å². The number of ether oxygens (including phenoxy) is 1. The monoisotopic (exact) mass is 483 g/mol. The first kappa shape index (κ1) is 27.7. The summed E-state index contributed by atoms with van der Waals surface area (Å²) in [5.41, 5.74) is 1.24. The second-order valence-corrected chi connectivity index (χ2v) is 9.95. The van der Waals surface area contributed by atoms with Gasteiger partial charge in [0.2, 0.25) is 11.8 Å². The normalized spacial score (nSPS) is 13.0. The van der Waals surface area contributed by atoms with E-state index in [1.54, 1.807) is 39.8 Å². The van der Waals surface area contributed by atoms with Crippen LogP contribution in [0.2, 0.25) is 0 Å². The van der Waals surface area contributed by atoms with Crippen molar-refractivity contribution in [3.8, 4) is 5.75 Å². The summed E-state index contributed by atoms with van der Waals surface area (Å²) in [7, 11) is 1.53. The quantitative estimate of drug-likeness (QED) is 0.528. The number of nitrogens with zero attached hydrogens (tertiary/aromatic N) is 1. The maximum absolute atomic E-state index is 13.7. The van der Waals surface area contributed by atoms with Crippen molar-refractivity contribution in [3.63, 3.8) is 0 Å². The van der Waals surface area contributed by atoms with Crippen LogP contribution in [0.5, 0.6) is 5.75 Å². The van der Waals surface area contributed by atoms with Gasteiger partial charge in [-0.05, 0) is 70.4 Å². The highest BCUT2D eigenvalue weighted by atomic mass is 16.6. The van der Waals surface area contributed by atoms with Crippen LogP contribution in [0, 0.1) is 6.92 Å². The summed E-state index contributed by atoms with van der Waals surface area (Å²) < 4.78 is 5.38. The van der Waals surface area contributed by atoms with Gasteiger partial charge >= 0.3 is 6.09 Å². The first-order chi connectivity index (χ1) is 16.3. The molecule has 0 saturated heterocycles. The van der Waals surface area contributed by atoms with Gasteiger partial charge in [-0.15, -0.1) is 0 Å². The van der Waals surface area contributed by atoms with Crippen molar-refractivity contribution in [2.45, 2.75) is 71.7 Å². The molecule has 2 unspecified atom stereocenters. The van der Waals surface area contributed by atoms with E-state index < -0.39 is 29.7 Å². The fraction of sp³-hybridized carbons (Fsp3) is 0.444. The molecule has 8 heteroatoms. The van der Waals surface area contributed by atoms with Crippen molar-refractivity contribution in [1.29, 1.82) is 0 Å². The largest absolute Gasteiger partial charge is 0.508 e. The van der Waals surface area contributed by atoms with E-state index in [1.165, 1.54) is 18.0 Å². The number of benzene rings is 2. The summed E-state index contributed by atoms with van der Waals surface area (Å²) in [5, 5.41) is 15.5. The molecule has 3 amide bonds. The molecular formula is C27H37N3O5. The molecule has 0 bridgehead atoms. The molecule has 3 N–H and O–H groups in total. The average molecular weight is 484 g/mol. The van der Waals surface area contributed by atoms with Crippen molar-refractivity contribution in [2.75, 3.05) is 7.05 Å². The molecule has 0 aliphatic heterocycles. The number of alkyl carbamates (subject to hydrolysis) is 1. The third-order valence-corrected chi connectivity index (χ3v) is 5.22. The minimum absolute atomic E-state index is 0.0966. The molecule has 0 aromatic heterocycles. The lowest BCUT2D eigenvalue weighted by atomic mass is 9.99. The Morgan fingerprint density at radius 3 is 2.20 bits per heavy atom. The predicted molar refractivity (Wildman–Crippen MR) is 135 cm³/mol. The van der Waals surface area contributed by atoms with Crippen LogP contribution in [-0.2, 0) is 20.7 Å². The number of hydrogen-bond acceptors (Lipinski definition) is 5. The van der Waals surface area contributed by atoms with Crippen molar-refractivity contribution in [2.24, 2.45) is 0 Å². The van der Waals surface area contributed by atoms with Gasteiger partial charge in [0.05, 0.1) is 0 Å². The number of aromatic hydroxyl groups is 1. The second-order valence-electron chi connectivity index (χ2n) is 9.95. The van der Waals surface area contributed by atoms with Crippen molar-refractivity contribution in [1.82, 2.24) is 15.5 Å². The van der Waals surface area contributed by atoms with E-state index in [9.17, 15) is 19.5 Å². The fourth-order valence-electron chi connectivity index (χ4n) is 3.64. The smallest absolute Gasteiger partial charge is 0.408 e. The van der Waals surface area contributed by atoms with Crippen molar-refractivity contribution in [3.05, 3.63) is 65.2 Å². The van der Waals surface area contributed by atoms with Gasteiger partial charge in [0.25, 0.3) is 0 Å². The average Bonchev–Trinajstić information content (AvgIpc) is 2.74. The van der Waals surface area contributed by atoms with Gasteiger partial charge < -0.3 is 25.4 Å². The topological polar surface area (TPSA) is 108 Å². The van der Waals surface area contributed by atoms with E-state index >= 15 is 0 Å². The SMILES string of the molecule is Cc1cc(C(C(=O)NC(C)C)N(C)C(=O)C(Cc2ccccc2)NC(=O)OC(C)(C)C)ccc1O. The van der Waals surface area contributed by atoms with Crippen LogP contribution in [0.25, 0.3) is 0 Å². The molecule has 0 aliphatic rings. The third-order valence-electron chi connectivity index (χ3n) is 5.22. The standard InChI is InChI=1S/C27H37N3O5/c1-17(2)28-24(32)23(20-13-14-22(31)18(3)15-20)30(7)25(33)21(16-19-11-9-8-10-12-19)29-26(34)35-27(4,5)6/h8-15,17,21,23,31H,16H2,1-7H3,(H,28,32)(H,29,34). The summed E-state index contributed by atoms with van der Waals surface area (Å²) >= 11 is 0. The van der Waals surface area contributed by atoms with Crippen LogP contribution in [0.4, 0.5) is 4.79 Å².